The Balaban J connectivity index is 2.06. The number of rotatable bonds is 4. The van der Waals surface area contributed by atoms with Gasteiger partial charge in [-0.15, -0.1) is 0 Å². The van der Waals surface area contributed by atoms with E-state index in [1.54, 1.807) is 24.3 Å². The molecule has 0 fully saturated rings. The van der Waals surface area contributed by atoms with Crippen LogP contribution in [0, 0.1) is 11.3 Å². The Morgan fingerprint density at radius 2 is 2.05 bits per heavy atom. The third kappa shape index (κ3) is 3.46. The smallest absolute Gasteiger partial charge is 0.271 e. The largest absolute Gasteiger partial charge is 0.288 e. The minimum absolute atomic E-state index is 0.0645. The van der Waals surface area contributed by atoms with E-state index in [4.69, 9.17) is 10.5 Å². The summed E-state index contributed by atoms with van der Waals surface area (Å²) in [6.07, 6.45) is 1.46. The molecular formula is C13H13N3O4S. The van der Waals surface area contributed by atoms with Crippen LogP contribution in [-0.4, -0.2) is 36.9 Å². The lowest BCUT2D eigenvalue weighted by molar-refractivity contribution is -0.125. The Kier molecular flexibility index (Phi) is 4.37. The molecule has 0 atom stereocenters. The lowest BCUT2D eigenvalue weighted by Gasteiger charge is -2.16. The number of nitrogens with one attached hydrogen (secondary N) is 1. The van der Waals surface area contributed by atoms with E-state index < -0.39 is 15.9 Å². The predicted octanol–water partition coefficient (Wildman–Crippen LogP) is 0.135. The third-order valence-electron chi connectivity index (χ3n) is 3.11. The van der Waals surface area contributed by atoms with Crippen LogP contribution in [0.4, 0.5) is 0 Å². The molecule has 1 aliphatic heterocycles. The molecule has 1 aromatic carbocycles. The molecule has 1 amide bonds. The van der Waals surface area contributed by atoms with Crippen molar-refractivity contribution >= 4 is 15.9 Å². The van der Waals surface area contributed by atoms with Crippen LogP contribution in [0.15, 0.2) is 35.9 Å². The molecule has 0 saturated heterocycles. The van der Waals surface area contributed by atoms with E-state index in [1.807, 2.05) is 6.07 Å². The second kappa shape index (κ2) is 6.05. The van der Waals surface area contributed by atoms with Gasteiger partial charge in [0.2, 0.25) is 10.0 Å². The van der Waals surface area contributed by atoms with Gasteiger partial charge in [-0.2, -0.15) is 9.57 Å². The van der Waals surface area contributed by atoms with Gasteiger partial charge in [0.05, 0.1) is 17.4 Å². The molecule has 8 heteroatoms. The topological polar surface area (TPSA) is 111 Å². The van der Waals surface area contributed by atoms with Crippen LogP contribution in [0.25, 0.3) is 0 Å². The fourth-order valence-corrected chi connectivity index (χ4v) is 3.39. The maximum Gasteiger partial charge on any atom is 0.271 e. The summed E-state index contributed by atoms with van der Waals surface area (Å²) in [5.41, 5.74) is 2.71. The zero-order valence-corrected chi connectivity index (χ0v) is 11.8. The highest BCUT2D eigenvalue weighted by Crippen LogP contribution is 2.18. The summed E-state index contributed by atoms with van der Waals surface area (Å²) in [4.78, 5) is 11.2. The number of hydrogen-bond acceptors (Lipinski definition) is 5. The number of hydrogen-bond donors (Lipinski definition) is 2. The zero-order chi connectivity index (χ0) is 15.5. The SMILES string of the molecule is N#Cc1ccc(CS(=O)(=O)N2CC=C(C(=O)NO)C2)cc1. The number of carbonyl (C=O) groups excluding carboxylic acids is 1. The van der Waals surface area contributed by atoms with Gasteiger partial charge in [0.15, 0.2) is 0 Å². The molecule has 0 spiro atoms. The Bertz CT molecular complexity index is 717. The second-order valence-corrected chi connectivity index (χ2v) is 6.50. The number of amides is 1. The highest BCUT2D eigenvalue weighted by atomic mass is 32.2. The zero-order valence-electron chi connectivity index (χ0n) is 11.0. The molecule has 1 aliphatic rings. The number of sulfonamides is 1. The van der Waals surface area contributed by atoms with Crippen LogP contribution in [-0.2, 0) is 20.6 Å². The van der Waals surface area contributed by atoms with E-state index in [-0.39, 0.29) is 24.4 Å². The van der Waals surface area contributed by atoms with E-state index in [9.17, 15) is 13.2 Å². The lowest BCUT2D eigenvalue weighted by Crippen LogP contribution is -2.32. The summed E-state index contributed by atoms with van der Waals surface area (Å²) in [6.45, 7) is 0.0341. The van der Waals surface area contributed by atoms with Gasteiger partial charge in [-0.1, -0.05) is 18.2 Å². The summed E-state index contributed by atoms with van der Waals surface area (Å²) < 4.78 is 25.7. The Morgan fingerprint density at radius 3 is 2.62 bits per heavy atom. The molecule has 0 unspecified atom stereocenters. The number of carbonyl (C=O) groups is 1. The molecule has 0 saturated carbocycles. The van der Waals surface area contributed by atoms with E-state index >= 15 is 0 Å². The molecule has 2 N–H and O–H groups in total. The van der Waals surface area contributed by atoms with Gasteiger partial charge in [-0.05, 0) is 17.7 Å². The van der Waals surface area contributed by atoms with Crippen molar-refractivity contribution < 1.29 is 18.4 Å². The molecule has 1 heterocycles. The highest BCUT2D eigenvalue weighted by Gasteiger charge is 2.28. The van der Waals surface area contributed by atoms with Gasteiger partial charge >= 0.3 is 0 Å². The van der Waals surface area contributed by atoms with E-state index in [0.717, 1.165) is 4.31 Å². The normalized spacial score (nSPS) is 15.3. The average Bonchev–Trinajstić information content (AvgIpc) is 2.97. The summed E-state index contributed by atoms with van der Waals surface area (Å²) in [5.74, 6) is -0.910. The quantitative estimate of drug-likeness (QED) is 0.607. The molecule has 0 aliphatic carbocycles. The van der Waals surface area contributed by atoms with Crippen LogP contribution in [0.5, 0.6) is 0 Å². The van der Waals surface area contributed by atoms with Crippen molar-refractivity contribution in [1.29, 1.82) is 5.26 Å². The summed E-state index contributed by atoms with van der Waals surface area (Å²) in [7, 11) is -3.57. The van der Waals surface area contributed by atoms with Gasteiger partial charge in [0, 0.05) is 18.7 Å². The number of nitrogens with zero attached hydrogens (tertiary/aromatic N) is 2. The van der Waals surface area contributed by atoms with Gasteiger partial charge in [-0.3, -0.25) is 10.0 Å². The highest BCUT2D eigenvalue weighted by molar-refractivity contribution is 7.88. The van der Waals surface area contributed by atoms with Gasteiger partial charge in [-0.25, -0.2) is 13.9 Å². The number of hydroxylamine groups is 1. The van der Waals surface area contributed by atoms with Gasteiger partial charge < -0.3 is 0 Å². The van der Waals surface area contributed by atoms with Crippen molar-refractivity contribution in [2.75, 3.05) is 13.1 Å². The first-order valence-electron chi connectivity index (χ1n) is 6.06. The van der Waals surface area contributed by atoms with Crippen molar-refractivity contribution in [2.45, 2.75) is 5.75 Å². The molecule has 0 aromatic heterocycles. The standard InChI is InChI=1S/C13H13N3O4S/c14-7-10-1-3-11(4-2-10)9-21(19,20)16-6-5-12(8-16)13(17)15-18/h1-5,18H,6,8-9H2,(H,15,17). The van der Waals surface area contributed by atoms with Crippen LogP contribution in [0.3, 0.4) is 0 Å². The van der Waals surface area contributed by atoms with Crippen molar-refractivity contribution in [3.8, 4) is 6.07 Å². The minimum Gasteiger partial charge on any atom is -0.288 e. The molecule has 2 rings (SSSR count). The monoisotopic (exact) mass is 307 g/mol. The first-order valence-corrected chi connectivity index (χ1v) is 7.67. The summed E-state index contributed by atoms with van der Waals surface area (Å²) in [6, 6.07) is 8.24. The molecule has 21 heavy (non-hydrogen) atoms. The Morgan fingerprint density at radius 1 is 1.38 bits per heavy atom. The fraction of sp³-hybridized carbons (Fsp3) is 0.231. The maximum atomic E-state index is 12.2. The van der Waals surface area contributed by atoms with Crippen molar-refractivity contribution in [1.82, 2.24) is 9.79 Å². The first-order chi connectivity index (χ1) is 9.96. The van der Waals surface area contributed by atoms with Crippen LogP contribution in [0.1, 0.15) is 11.1 Å². The molecule has 0 bridgehead atoms. The van der Waals surface area contributed by atoms with Crippen LogP contribution >= 0.6 is 0 Å². The van der Waals surface area contributed by atoms with E-state index in [2.05, 4.69) is 0 Å². The minimum atomic E-state index is -3.57. The second-order valence-electron chi connectivity index (χ2n) is 4.53. The first kappa shape index (κ1) is 15.2. The van der Waals surface area contributed by atoms with Crippen LogP contribution < -0.4 is 5.48 Å². The van der Waals surface area contributed by atoms with Crippen molar-refractivity contribution in [3.05, 3.63) is 47.0 Å². The predicted molar refractivity (Wildman–Crippen MR) is 73.4 cm³/mol. The van der Waals surface area contributed by atoms with E-state index in [0.29, 0.717) is 11.1 Å². The van der Waals surface area contributed by atoms with Crippen molar-refractivity contribution in [3.63, 3.8) is 0 Å². The van der Waals surface area contributed by atoms with Crippen molar-refractivity contribution in [2.24, 2.45) is 0 Å². The van der Waals surface area contributed by atoms with E-state index in [1.165, 1.54) is 11.6 Å². The molecule has 110 valence electrons. The summed E-state index contributed by atoms with van der Waals surface area (Å²) >= 11 is 0. The fourth-order valence-electron chi connectivity index (χ4n) is 1.96. The Hall–Kier alpha value is -2.21. The third-order valence-corrected chi connectivity index (χ3v) is 4.87. The summed E-state index contributed by atoms with van der Waals surface area (Å²) in [5, 5.41) is 17.2. The molecular weight excluding hydrogens is 294 g/mol. The maximum absolute atomic E-state index is 12.2. The molecule has 7 nitrogen and oxygen atoms in total. The number of benzene rings is 1. The molecule has 1 aromatic rings. The average molecular weight is 307 g/mol. The Labute approximate surface area is 122 Å². The van der Waals surface area contributed by atoms with Crippen LogP contribution in [0.2, 0.25) is 0 Å². The number of nitriles is 1. The molecule has 0 radical (unpaired) electrons. The van der Waals surface area contributed by atoms with Gasteiger partial charge in [0.25, 0.3) is 5.91 Å². The lowest BCUT2D eigenvalue weighted by atomic mass is 10.2. The van der Waals surface area contributed by atoms with Gasteiger partial charge in [0.1, 0.15) is 0 Å².